The summed E-state index contributed by atoms with van der Waals surface area (Å²) in [6, 6.07) is 5.65. The minimum absolute atomic E-state index is 0.111. The molecule has 1 unspecified atom stereocenters. The number of para-hydroxylation sites is 1. The molecule has 1 heterocycles. The number of hydrogen-bond acceptors (Lipinski definition) is 2. The lowest BCUT2D eigenvalue weighted by Gasteiger charge is -2.20. The average Bonchev–Trinajstić information content (AvgIpc) is 2.70. The van der Waals surface area contributed by atoms with Crippen molar-refractivity contribution in [3.8, 4) is 5.75 Å². The maximum absolute atomic E-state index is 12.0. The second kappa shape index (κ2) is 4.92. The highest BCUT2D eigenvalue weighted by Crippen LogP contribution is 2.39. The van der Waals surface area contributed by atoms with Crippen LogP contribution < -0.4 is 9.64 Å². The first-order valence-corrected chi connectivity index (χ1v) is 6.22. The molecule has 3 nitrogen and oxygen atoms in total. The summed E-state index contributed by atoms with van der Waals surface area (Å²) in [5.74, 6) is 1.04. The van der Waals surface area contributed by atoms with E-state index in [1.165, 1.54) is 0 Å². The van der Waals surface area contributed by atoms with Gasteiger partial charge in [0.05, 0.1) is 7.11 Å². The molecule has 1 amide bonds. The van der Waals surface area contributed by atoms with E-state index in [-0.39, 0.29) is 11.8 Å². The molecule has 1 aliphatic rings. The average molecular weight is 296 g/mol. The predicted octanol–water partition coefficient (Wildman–Crippen LogP) is 3.00. The van der Waals surface area contributed by atoms with E-state index in [2.05, 4.69) is 22.5 Å². The third kappa shape index (κ3) is 2.22. The van der Waals surface area contributed by atoms with Gasteiger partial charge in [0.25, 0.3) is 0 Å². The number of benzene rings is 1. The second-order valence-electron chi connectivity index (χ2n) is 3.99. The molecule has 2 rings (SSSR count). The smallest absolute Gasteiger partial charge is 0.227 e. The van der Waals surface area contributed by atoms with Gasteiger partial charge in [0.2, 0.25) is 5.91 Å². The first-order chi connectivity index (χ1) is 8.17. The topological polar surface area (TPSA) is 29.5 Å². The molecule has 1 fully saturated rings. The first-order valence-electron chi connectivity index (χ1n) is 5.42. The van der Waals surface area contributed by atoms with Gasteiger partial charge in [-0.3, -0.25) is 4.79 Å². The van der Waals surface area contributed by atoms with E-state index in [1.807, 2.05) is 24.3 Å². The molecule has 0 radical (unpaired) electrons. The summed E-state index contributed by atoms with van der Waals surface area (Å²) in [5.41, 5.74) is 0.810. The van der Waals surface area contributed by atoms with Crippen molar-refractivity contribution in [3.05, 3.63) is 35.3 Å². The van der Waals surface area contributed by atoms with E-state index in [0.29, 0.717) is 18.7 Å². The van der Waals surface area contributed by atoms with Crippen molar-refractivity contribution in [1.29, 1.82) is 0 Å². The maximum atomic E-state index is 12.0. The summed E-state index contributed by atoms with van der Waals surface area (Å²) in [6.45, 7) is 4.42. The van der Waals surface area contributed by atoms with Gasteiger partial charge in [-0.25, -0.2) is 0 Å². The van der Waals surface area contributed by atoms with Gasteiger partial charge in [-0.2, -0.15) is 0 Å². The second-order valence-corrected chi connectivity index (χ2v) is 4.85. The number of amides is 1. The van der Waals surface area contributed by atoms with E-state index in [4.69, 9.17) is 4.74 Å². The minimum atomic E-state index is 0.111. The van der Waals surface area contributed by atoms with Gasteiger partial charge in [0.15, 0.2) is 0 Å². The van der Waals surface area contributed by atoms with Gasteiger partial charge in [-0.15, -0.1) is 6.58 Å². The van der Waals surface area contributed by atoms with E-state index < -0.39 is 0 Å². The van der Waals surface area contributed by atoms with Crippen molar-refractivity contribution >= 4 is 27.5 Å². The number of hydrogen-bond donors (Lipinski definition) is 0. The molecule has 1 aromatic rings. The quantitative estimate of drug-likeness (QED) is 0.803. The summed E-state index contributed by atoms with van der Waals surface area (Å²) in [7, 11) is 1.61. The fraction of sp³-hybridized carbons (Fsp3) is 0.308. The molecule has 4 heteroatoms. The fourth-order valence-electron chi connectivity index (χ4n) is 2.03. The third-order valence-electron chi connectivity index (χ3n) is 2.93. The predicted molar refractivity (Wildman–Crippen MR) is 71.4 cm³/mol. The third-order valence-corrected chi connectivity index (χ3v) is 3.57. The van der Waals surface area contributed by atoms with E-state index in [0.717, 1.165) is 10.2 Å². The number of anilines is 1. The largest absolute Gasteiger partial charge is 0.495 e. The number of carbonyl (C=O) groups excluding carboxylic acids is 1. The molecular formula is C13H14BrNO2. The maximum Gasteiger partial charge on any atom is 0.227 e. The Bertz CT molecular complexity index is 459. The monoisotopic (exact) mass is 295 g/mol. The highest BCUT2D eigenvalue weighted by Gasteiger charge is 2.31. The van der Waals surface area contributed by atoms with Crippen molar-refractivity contribution in [1.82, 2.24) is 0 Å². The molecular weight excluding hydrogens is 282 g/mol. The van der Waals surface area contributed by atoms with E-state index in [1.54, 1.807) is 12.0 Å². The first kappa shape index (κ1) is 12.2. The van der Waals surface area contributed by atoms with Crippen LogP contribution in [0.15, 0.2) is 35.3 Å². The number of nitrogens with zero attached hydrogens (tertiary/aromatic N) is 1. The summed E-state index contributed by atoms with van der Waals surface area (Å²) >= 11 is 3.47. The summed E-state index contributed by atoms with van der Waals surface area (Å²) < 4.78 is 6.18. The van der Waals surface area contributed by atoms with Gasteiger partial charge in [-0.1, -0.05) is 12.1 Å². The standard InChI is InChI=1S/C13H14BrNO2/c1-3-9-7-12(16)15(8-9)13-10(14)5-4-6-11(13)17-2/h3-6,9H,1,7-8H2,2H3. The van der Waals surface area contributed by atoms with Crippen LogP contribution in [0.5, 0.6) is 5.75 Å². The van der Waals surface area contributed by atoms with Crippen LogP contribution in [0, 0.1) is 5.92 Å². The van der Waals surface area contributed by atoms with Crippen LogP contribution in [0.25, 0.3) is 0 Å². The van der Waals surface area contributed by atoms with Crippen LogP contribution in [-0.4, -0.2) is 19.6 Å². The van der Waals surface area contributed by atoms with E-state index in [9.17, 15) is 4.79 Å². The molecule has 0 N–H and O–H groups in total. The zero-order valence-corrected chi connectivity index (χ0v) is 11.2. The Kier molecular flexibility index (Phi) is 3.52. The summed E-state index contributed by atoms with van der Waals surface area (Å²) in [5, 5.41) is 0. The molecule has 1 saturated heterocycles. The Morgan fingerprint density at radius 3 is 2.94 bits per heavy atom. The lowest BCUT2D eigenvalue weighted by molar-refractivity contribution is -0.117. The molecule has 0 bridgehead atoms. The van der Waals surface area contributed by atoms with Crippen molar-refractivity contribution in [2.75, 3.05) is 18.6 Å². The Morgan fingerprint density at radius 2 is 2.35 bits per heavy atom. The van der Waals surface area contributed by atoms with Gasteiger partial charge in [0.1, 0.15) is 11.4 Å². The Balaban J connectivity index is 2.40. The van der Waals surface area contributed by atoms with Crippen molar-refractivity contribution in [2.24, 2.45) is 5.92 Å². The van der Waals surface area contributed by atoms with Crippen molar-refractivity contribution in [3.63, 3.8) is 0 Å². The van der Waals surface area contributed by atoms with Crippen LogP contribution in [0.4, 0.5) is 5.69 Å². The van der Waals surface area contributed by atoms with Gasteiger partial charge >= 0.3 is 0 Å². The zero-order valence-electron chi connectivity index (χ0n) is 9.65. The number of carbonyl (C=O) groups is 1. The molecule has 0 saturated carbocycles. The fourth-order valence-corrected chi connectivity index (χ4v) is 2.59. The lowest BCUT2D eigenvalue weighted by atomic mass is 10.1. The Hall–Kier alpha value is -1.29. The molecule has 90 valence electrons. The van der Waals surface area contributed by atoms with Crippen molar-refractivity contribution in [2.45, 2.75) is 6.42 Å². The number of halogens is 1. The summed E-state index contributed by atoms with van der Waals surface area (Å²) in [4.78, 5) is 13.7. The van der Waals surface area contributed by atoms with Gasteiger partial charge < -0.3 is 9.64 Å². The molecule has 0 spiro atoms. The summed E-state index contributed by atoms with van der Waals surface area (Å²) in [6.07, 6.45) is 2.36. The molecule has 1 atom stereocenters. The molecule has 1 aromatic carbocycles. The van der Waals surface area contributed by atoms with Crippen LogP contribution in [-0.2, 0) is 4.79 Å². The van der Waals surface area contributed by atoms with Crippen LogP contribution in [0.1, 0.15) is 6.42 Å². The van der Waals surface area contributed by atoms with Crippen LogP contribution in [0.2, 0.25) is 0 Å². The van der Waals surface area contributed by atoms with Gasteiger partial charge in [0, 0.05) is 23.4 Å². The lowest BCUT2D eigenvalue weighted by Crippen LogP contribution is -2.25. The zero-order chi connectivity index (χ0) is 12.4. The van der Waals surface area contributed by atoms with Crippen molar-refractivity contribution < 1.29 is 9.53 Å². The van der Waals surface area contributed by atoms with Gasteiger partial charge in [-0.05, 0) is 28.1 Å². The highest BCUT2D eigenvalue weighted by molar-refractivity contribution is 9.10. The normalized spacial score (nSPS) is 19.5. The highest BCUT2D eigenvalue weighted by atomic mass is 79.9. The minimum Gasteiger partial charge on any atom is -0.495 e. The SMILES string of the molecule is C=CC1CC(=O)N(c2c(Br)cccc2OC)C1. The number of ether oxygens (including phenoxy) is 1. The van der Waals surface area contributed by atoms with Crippen LogP contribution >= 0.6 is 15.9 Å². The van der Waals surface area contributed by atoms with E-state index >= 15 is 0 Å². The molecule has 17 heavy (non-hydrogen) atoms. The Morgan fingerprint density at radius 1 is 1.59 bits per heavy atom. The molecule has 0 aliphatic carbocycles. The number of rotatable bonds is 3. The Labute approximate surface area is 109 Å². The van der Waals surface area contributed by atoms with Crippen LogP contribution in [0.3, 0.4) is 0 Å². The number of methoxy groups -OCH3 is 1. The molecule has 1 aliphatic heterocycles. The molecule has 0 aromatic heterocycles.